The molecule has 0 aliphatic heterocycles. The van der Waals surface area contributed by atoms with E-state index >= 15 is 0 Å². The van der Waals surface area contributed by atoms with Crippen molar-refractivity contribution in [3.63, 3.8) is 0 Å². The van der Waals surface area contributed by atoms with Crippen molar-refractivity contribution in [1.29, 1.82) is 0 Å². The van der Waals surface area contributed by atoms with Crippen LogP contribution in [0.2, 0.25) is 0 Å². The molecule has 6 heteroatoms. The summed E-state index contributed by atoms with van der Waals surface area (Å²) in [5, 5.41) is 10.2. The second kappa shape index (κ2) is 7.93. The molecule has 3 aromatic carbocycles. The van der Waals surface area contributed by atoms with E-state index in [1.165, 1.54) is 0 Å². The summed E-state index contributed by atoms with van der Waals surface area (Å²) in [6.45, 7) is 1.88. The summed E-state index contributed by atoms with van der Waals surface area (Å²) in [5.74, 6) is 0.658. The van der Waals surface area contributed by atoms with Gasteiger partial charge in [-0.2, -0.15) is 0 Å². The summed E-state index contributed by atoms with van der Waals surface area (Å²) in [5.41, 5.74) is 5.35. The van der Waals surface area contributed by atoms with Gasteiger partial charge in [0.05, 0.1) is 0 Å². The van der Waals surface area contributed by atoms with Crippen LogP contribution in [0.15, 0.2) is 95.8 Å². The Kier molecular flexibility index (Phi) is 4.75. The van der Waals surface area contributed by atoms with Crippen LogP contribution in [0.1, 0.15) is 5.82 Å². The minimum atomic E-state index is -0.273. The molecule has 3 heterocycles. The van der Waals surface area contributed by atoms with Crippen molar-refractivity contribution in [3.8, 4) is 28.1 Å². The van der Waals surface area contributed by atoms with Gasteiger partial charge in [-0.25, -0.2) is 0 Å². The van der Waals surface area contributed by atoms with Gasteiger partial charge in [-0.1, -0.05) is 0 Å². The standard InChI is InChI=1S/C27H18N4OSe/c1-17-28-24-22-21(18-11-5-2-6-12-18)23(19-13-7-3-8-14-19)29-30-26(22)33-25(24)27(32)31(17)20-15-9-4-10-16-20/h2-16H,1H3. The van der Waals surface area contributed by atoms with Crippen LogP contribution in [-0.2, 0) is 0 Å². The Labute approximate surface area is 195 Å². The van der Waals surface area contributed by atoms with E-state index < -0.39 is 0 Å². The zero-order chi connectivity index (χ0) is 22.4. The molecule has 0 spiro atoms. The van der Waals surface area contributed by atoms with E-state index in [0.717, 1.165) is 47.6 Å². The van der Waals surface area contributed by atoms with E-state index in [9.17, 15) is 4.79 Å². The molecule has 3 aromatic heterocycles. The Morgan fingerprint density at radius 3 is 2.03 bits per heavy atom. The van der Waals surface area contributed by atoms with E-state index in [1.807, 2.05) is 85.8 Å². The minimum absolute atomic E-state index is 0.0260. The first-order valence-electron chi connectivity index (χ1n) is 10.6. The molecule has 0 aliphatic rings. The first-order chi connectivity index (χ1) is 16.2. The quantitative estimate of drug-likeness (QED) is 0.325. The van der Waals surface area contributed by atoms with Gasteiger partial charge in [-0.15, -0.1) is 0 Å². The summed E-state index contributed by atoms with van der Waals surface area (Å²) in [4.78, 5) is 18.6. The van der Waals surface area contributed by atoms with E-state index in [0.29, 0.717) is 5.82 Å². The van der Waals surface area contributed by atoms with Gasteiger partial charge in [-0.3, -0.25) is 0 Å². The van der Waals surface area contributed by atoms with Crippen molar-refractivity contribution in [3.05, 3.63) is 107 Å². The van der Waals surface area contributed by atoms with Crippen molar-refractivity contribution >= 4 is 34.1 Å². The van der Waals surface area contributed by atoms with Crippen molar-refractivity contribution in [2.45, 2.75) is 6.92 Å². The fourth-order valence-electron chi connectivity index (χ4n) is 4.25. The molecular weight excluding hydrogens is 475 g/mol. The molecule has 0 radical (unpaired) electrons. The zero-order valence-corrected chi connectivity index (χ0v) is 19.5. The monoisotopic (exact) mass is 494 g/mol. The fourth-order valence-corrected chi connectivity index (χ4v) is 6.34. The average molecular weight is 493 g/mol. The van der Waals surface area contributed by atoms with Gasteiger partial charge in [0.15, 0.2) is 0 Å². The molecule has 0 amide bonds. The third-order valence-corrected chi connectivity index (χ3v) is 7.92. The SMILES string of the molecule is Cc1nc2c([se]c3nnc(-c4ccccc4)c(-c4ccccc4)c32)c(=O)n1-c1ccccc1. The van der Waals surface area contributed by atoms with Crippen LogP contribution in [0.25, 0.3) is 47.6 Å². The molecule has 0 unspecified atom stereocenters. The molecule has 0 saturated heterocycles. The van der Waals surface area contributed by atoms with Crippen molar-refractivity contribution in [2.24, 2.45) is 0 Å². The zero-order valence-electron chi connectivity index (χ0n) is 17.8. The average Bonchev–Trinajstić information content (AvgIpc) is 3.24. The maximum atomic E-state index is 13.6. The van der Waals surface area contributed by atoms with E-state index in [1.54, 1.807) is 4.57 Å². The van der Waals surface area contributed by atoms with Crippen LogP contribution in [0.3, 0.4) is 0 Å². The van der Waals surface area contributed by atoms with Crippen LogP contribution < -0.4 is 5.56 Å². The van der Waals surface area contributed by atoms with Crippen LogP contribution in [-0.4, -0.2) is 34.3 Å². The molecule has 158 valence electrons. The Morgan fingerprint density at radius 1 is 0.758 bits per heavy atom. The summed E-state index contributed by atoms with van der Waals surface area (Å²) in [6, 6.07) is 29.9. The molecule has 5 nitrogen and oxygen atoms in total. The number of rotatable bonds is 3. The topological polar surface area (TPSA) is 60.7 Å². The first kappa shape index (κ1) is 19.8. The molecule has 6 rings (SSSR count). The molecule has 0 fully saturated rings. The molecule has 0 atom stereocenters. The normalized spacial score (nSPS) is 11.3. The second-order valence-corrected chi connectivity index (χ2v) is 9.85. The van der Waals surface area contributed by atoms with Gasteiger partial charge >= 0.3 is 196 Å². The summed E-state index contributed by atoms with van der Waals surface area (Å²) in [7, 11) is 0. The summed E-state index contributed by atoms with van der Waals surface area (Å²) < 4.78 is 3.27. The molecule has 0 N–H and O–H groups in total. The van der Waals surface area contributed by atoms with Gasteiger partial charge in [-0.05, 0) is 0 Å². The fraction of sp³-hybridized carbons (Fsp3) is 0.0370. The van der Waals surface area contributed by atoms with Crippen LogP contribution in [0, 0.1) is 6.92 Å². The van der Waals surface area contributed by atoms with Crippen molar-refractivity contribution in [2.75, 3.05) is 0 Å². The molecule has 0 saturated carbocycles. The number of para-hydroxylation sites is 1. The number of fused-ring (bicyclic) bond motifs is 3. The van der Waals surface area contributed by atoms with Crippen molar-refractivity contribution in [1.82, 2.24) is 19.7 Å². The number of aromatic nitrogens is 4. The van der Waals surface area contributed by atoms with E-state index in [4.69, 9.17) is 4.98 Å². The predicted molar refractivity (Wildman–Crippen MR) is 133 cm³/mol. The number of benzene rings is 3. The Balaban J connectivity index is 1.75. The van der Waals surface area contributed by atoms with Gasteiger partial charge in [0.1, 0.15) is 0 Å². The van der Waals surface area contributed by atoms with Gasteiger partial charge in [0, 0.05) is 0 Å². The predicted octanol–water partition coefficient (Wildman–Crippen LogP) is 5.03. The van der Waals surface area contributed by atoms with Crippen LogP contribution >= 0.6 is 0 Å². The van der Waals surface area contributed by atoms with Gasteiger partial charge in [0.25, 0.3) is 0 Å². The van der Waals surface area contributed by atoms with Crippen molar-refractivity contribution < 1.29 is 0 Å². The number of nitrogens with zero attached hydrogens (tertiary/aromatic N) is 4. The van der Waals surface area contributed by atoms with E-state index in [2.05, 4.69) is 22.3 Å². The maximum absolute atomic E-state index is 13.6. The third-order valence-electron chi connectivity index (χ3n) is 5.71. The molecule has 0 bridgehead atoms. The number of hydrogen-bond acceptors (Lipinski definition) is 4. The van der Waals surface area contributed by atoms with E-state index in [-0.39, 0.29) is 20.1 Å². The second-order valence-electron chi connectivity index (χ2n) is 7.75. The first-order valence-corrected chi connectivity index (χ1v) is 12.3. The number of aryl methyl sites for hydroxylation is 1. The molecule has 0 aliphatic carbocycles. The summed E-state index contributed by atoms with van der Waals surface area (Å²) in [6.07, 6.45) is 0. The Bertz CT molecular complexity index is 1670. The Hall–Kier alpha value is -3.86. The Morgan fingerprint density at radius 2 is 1.36 bits per heavy atom. The van der Waals surface area contributed by atoms with Gasteiger partial charge < -0.3 is 0 Å². The summed E-state index contributed by atoms with van der Waals surface area (Å²) >= 11 is -0.273. The molecule has 33 heavy (non-hydrogen) atoms. The third kappa shape index (κ3) is 3.23. The molecular formula is C27H18N4OSe. The van der Waals surface area contributed by atoms with Crippen LogP contribution in [0.5, 0.6) is 0 Å². The van der Waals surface area contributed by atoms with Crippen LogP contribution in [0.4, 0.5) is 0 Å². The van der Waals surface area contributed by atoms with Gasteiger partial charge in [0.2, 0.25) is 0 Å². The number of hydrogen-bond donors (Lipinski definition) is 0. The molecule has 6 aromatic rings.